The van der Waals surface area contributed by atoms with E-state index in [4.69, 9.17) is 4.74 Å². The van der Waals surface area contributed by atoms with Crippen molar-refractivity contribution in [3.05, 3.63) is 53.9 Å². The molecule has 0 bridgehead atoms. The van der Waals surface area contributed by atoms with E-state index in [2.05, 4.69) is 26.3 Å². The highest BCUT2D eigenvalue weighted by Gasteiger charge is 2.48. The van der Waals surface area contributed by atoms with Gasteiger partial charge in [0.05, 0.1) is 5.60 Å². The number of aromatic nitrogens is 3. The lowest BCUT2D eigenvalue weighted by Gasteiger charge is -2.46. The molecule has 3 heterocycles. The molecule has 1 saturated carbocycles. The molecule has 0 aromatic carbocycles. The first-order valence-corrected chi connectivity index (χ1v) is 10.6. The highest BCUT2D eigenvalue weighted by atomic mass is 19.4. The van der Waals surface area contributed by atoms with Gasteiger partial charge in [0, 0.05) is 48.4 Å². The van der Waals surface area contributed by atoms with Crippen LogP contribution in [0.25, 0.3) is 0 Å². The number of nitrogens with one attached hydrogen (secondary N) is 1. The summed E-state index contributed by atoms with van der Waals surface area (Å²) in [4.78, 5) is 11.5. The van der Waals surface area contributed by atoms with E-state index in [0.717, 1.165) is 50.9 Å². The number of nitrogens with zero attached hydrogens (tertiary/aromatic N) is 3. The lowest BCUT2D eigenvalue weighted by atomic mass is 9.68. The maximum absolute atomic E-state index is 12.6. The molecule has 1 atom stereocenters. The monoisotopic (exact) mass is 420 g/mol. The first-order valence-electron chi connectivity index (χ1n) is 10.6. The number of pyridine rings is 1. The molecule has 8 heteroatoms. The van der Waals surface area contributed by atoms with Crippen LogP contribution in [0, 0.1) is 0 Å². The first kappa shape index (κ1) is 21.2. The summed E-state index contributed by atoms with van der Waals surface area (Å²) in [6, 6.07) is 6.08. The minimum absolute atomic E-state index is 0.0307. The summed E-state index contributed by atoms with van der Waals surface area (Å²) in [5.74, 6) is -1.11. The molecule has 1 saturated heterocycles. The minimum atomic E-state index is -4.51. The predicted octanol–water partition coefficient (Wildman–Crippen LogP) is 4.43. The Labute approximate surface area is 174 Å². The van der Waals surface area contributed by atoms with Crippen LogP contribution in [0.15, 0.2) is 36.8 Å². The van der Waals surface area contributed by atoms with Crippen LogP contribution in [-0.4, -0.2) is 33.7 Å². The van der Waals surface area contributed by atoms with Crippen LogP contribution in [0.2, 0.25) is 0 Å². The van der Waals surface area contributed by atoms with Gasteiger partial charge in [-0.05, 0) is 50.8 Å². The van der Waals surface area contributed by atoms with Gasteiger partial charge in [-0.3, -0.25) is 4.98 Å². The van der Waals surface area contributed by atoms with Gasteiger partial charge in [0.1, 0.15) is 0 Å². The van der Waals surface area contributed by atoms with Gasteiger partial charge >= 0.3 is 6.18 Å². The van der Waals surface area contributed by atoms with Crippen molar-refractivity contribution in [2.45, 2.75) is 68.7 Å². The van der Waals surface area contributed by atoms with E-state index in [1.54, 1.807) is 0 Å². The Morgan fingerprint density at radius 1 is 1.03 bits per heavy atom. The van der Waals surface area contributed by atoms with Crippen molar-refractivity contribution in [1.29, 1.82) is 0 Å². The second-order valence-corrected chi connectivity index (χ2v) is 8.50. The molecule has 30 heavy (non-hydrogen) atoms. The third-order valence-corrected chi connectivity index (χ3v) is 6.44. The summed E-state index contributed by atoms with van der Waals surface area (Å²) in [5.41, 5.74) is 1.67. The standard InChI is InChI=1S/C22H27F3N4O/c23-22(24,25)19-28-14-17(15-29-19)13-26-11-8-20(18-5-1-4-10-27-18)9-12-30-21(16-20)6-2-3-7-21/h1,4-5,10,14-15,26H,2-3,6-9,11-13,16H2/t20-/m0/s1. The van der Waals surface area contributed by atoms with Crippen molar-refractivity contribution < 1.29 is 17.9 Å². The van der Waals surface area contributed by atoms with Gasteiger partial charge in [0.25, 0.3) is 0 Å². The maximum atomic E-state index is 12.6. The molecular formula is C22H27F3N4O. The molecule has 2 aromatic rings. The Kier molecular flexibility index (Phi) is 6.06. The predicted molar refractivity (Wildman–Crippen MR) is 106 cm³/mol. The second-order valence-electron chi connectivity index (χ2n) is 8.50. The normalized spacial score (nSPS) is 23.7. The quantitative estimate of drug-likeness (QED) is 0.701. The zero-order valence-corrected chi connectivity index (χ0v) is 16.9. The number of rotatable bonds is 6. The van der Waals surface area contributed by atoms with Gasteiger partial charge in [0.15, 0.2) is 0 Å². The Balaban J connectivity index is 1.41. The largest absolute Gasteiger partial charge is 0.451 e. The molecular weight excluding hydrogens is 393 g/mol. The van der Waals surface area contributed by atoms with Crippen LogP contribution in [0.1, 0.15) is 62.0 Å². The van der Waals surface area contributed by atoms with Crippen molar-refractivity contribution >= 4 is 0 Å². The lowest BCUT2D eigenvalue weighted by molar-refractivity contribution is -0.145. The van der Waals surface area contributed by atoms with E-state index in [1.165, 1.54) is 25.2 Å². The molecule has 0 unspecified atom stereocenters. The molecule has 1 aliphatic carbocycles. The number of hydrogen-bond acceptors (Lipinski definition) is 5. The zero-order chi connectivity index (χ0) is 21.1. The van der Waals surface area contributed by atoms with Crippen LogP contribution in [0.3, 0.4) is 0 Å². The second kappa shape index (κ2) is 8.59. The molecule has 0 amide bonds. The summed E-state index contributed by atoms with van der Waals surface area (Å²) >= 11 is 0. The zero-order valence-electron chi connectivity index (χ0n) is 16.9. The van der Waals surface area contributed by atoms with E-state index in [-0.39, 0.29) is 11.0 Å². The Hall–Kier alpha value is -2.06. The van der Waals surface area contributed by atoms with E-state index in [0.29, 0.717) is 12.1 Å². The third kappa shape index (κ3) is 4.64. The van der Waals surface area contributed by atoms with Crippen LogP contribution in [-0.2, 0) is 22.9 Å². The van der Waals surface area contributed by atoms with Crippen molar-refractivity contribution in [1.82, 2.24) is 20.3 Å². The fraction of sp³-hybridized carbons (Fsp3) is 0.591. The van der Waals surface area contributed by atoms with Gasteiger partial charge in [0.2, 0.25) is 5.82 Å². The average Bonchev–Trinajstić information content (AvgIpc) is 3.19. The Bertz CT molecular complexity index is 823. The summed E-state index contributed by atoms with van der Waals surface area (Å²) in [6.45, 7) is 1.90. The van der Waals surface area contributed by atoms with E-state index < -0.39 is 12.0 Å². The van der Waals surface area contributed by atoms with Gasteiger partial charge in [-0.1, -0.05) is 18.9 Å². The molecule has 1 aliphatic heterocycles. The number of hydrogen-bond donors (Lipinski definition) is 1. The van der Waals surface area contributed by atoms with Gasteiger partial charge in [-0.25, -0.2) is 9.97 Å². The van der Waals surface area contributed by atoms with E-state index >= 15 is 0 Å². The topological polar surface area (TPSA) is 59.9 Å². The van der Waals surface area contributed by atoms with E-state index in [9.17, 15) is 13.2 Å². The highest BCUT2D eigenvalue weighted by molar-refractivity contribution is 5.20. The first-order chi connectivity index (χ1) is 14.4. The minimum Gasteiger partial charge on any atom is -0.375 e. The van der Waals surface area contributed by atoms with Crippen LogP contribution in [0.4, 0.5) is 13.2 Å². The number of halogens is 3. The molecule has 5 nitrogen and oxygen atoms in total. The molecule has 2 aliphatic rings. The Morgan fingerprint density at radius 2 is 1.80 bits per heavy atom. The average molecular weight is 420 g/mol. The fourth-order valence-electron chi connectivity index (χ4n) is 4.95. The van der Waals surface area contributed by atoms with Gasteiger partial charge < -0.3 is 10.1 Å². The van der Waals surface area contributed by atoms with Crippen molar-refractivity contribution in [2.24, 2.45) is 0 Å². The van der Waals surface area contributed by atoms with Crippen LogP contribution < -0.4 is 5.32 Å². The van der Waals surface area contributed by atoms with Crippen LogP contribution in [0.5, 0.6) is 0 Å². The fourth-order valence-corrected chi connectivity index (χ4v) is 4.95. The summed E-state index contributed by atoms with van der Waals surface area (Å²) in [7, 11) is 0. The molecule has 2 fully saturated rings. The highest BCUT2D eigenvalue weighted by Crippen LogP contribution is 2.49. The van der Waals surface area contributed by atoms with E-state index in [1.807, 2.05) is 18.3 Å². The number of alkyl halides is 3. The smallest absolute Gasteiger partial charge is 0.375 e. The summed E-state index contributed by atoms with van der Waals surface area (Å²) in [6.07, 6.45) is 7.25. The summed E-state index contributed by atoms with van der Waals surface area (Å²) < 4.78 is 44.1. The summed E-state index contributed by atoms with van der Waals surface area (Å²) in [5, 5.41) is 3.35. The lowest BCUT2D eigenvalue weighted by Crippen LogP contribution is -2.47. The van der Waals surface area contributed by atoms with Gasteiger partial charge in [-0.15, -0.1) is 0 Å². The molecule has 0 radical (unpaired) electrons. The molecule has 1 N–H and O–H groups in total. The van der Waals surface area contributed by atoms with Gasteiger partial charge in [-0.2, -0.15) is 13.2 Å². The molecule has 1 spiro atoms. The molecule has 162 valence electrons. The van der Waals surface area contributed by atoms with Crippen LogP contribution >= 0.6 is 0 Å². The van der Waals surface area contributed by atoms with Crippen molar-refractivity contribution in [2.75, 3.05) is 13.2 Å². The molecule has 4 rings (SSSR count). The maximum Gasteiger partial charge on any atom is 0.451 e. The Morgan fingerprint density at radius 3 is 2.47 bits per heavy atom. The third-order valence-electron chi connectivity index (χ3n) is 6.44. The van der Waals surface area contributed by atoms with Crippen molar-refractivity contribution in [3.8, 4) is 0 Å². The van der Waals surface area contributed by atoms with Crippen molar-refractivity contribution in [3.63, 3.8) is 0 Å². The molecule has 2 aromatic heterocycles. The SMILES string of the molecule is FC(F)(F)c1ncc(CNCC[C@]2(c3ccccn3)CCOC3(CCCC3)C2)cn1. The number of ether oxygens (including phenoxy) is 1.